The van der Waals surface area contributed by atoms with Gasteiger partial charge in [-0.05, 0) is 56.0 Å². The van der Waals surface area contributed by atoms with Crippen LogP contribution in [0.1, 0.15) is 52.0 Å². The summed E-state index contributed by atoms with van der Waals surface area (Å²) < 4.78 is 39.3. The molecule has 9 heteroatoms. The topological polar surface area (TPSA) is 86.8 Å². The van der Waals surface area contributed by atoms with Crippen LogP contribution in [-0.4, -0.2) is 50.0 Å². The Labute approximate surface area is 208 Å². The maximum atomic E-state index is 13.4. The molecule has 0 aliphatic heterocycles. The number of sulfonamides is 1. The van der Waals surface area contributed by atoms with E-state index in [1.54, 1.807) is 42.5 Å². The number of benzene rings is 2. The Hall–Kier alpha value is -2.94. The van der Waals surface area contributed by atoms with Crippen LogP contribution in [0.2, 0.25) is 0 Å². The number of carbonyl (C=O) groups is 2. The first-order valence-corrected chi connectivity index (χ1v) is 13.8. The van der Waals surface area contributed by atoms with Gasteiger partial charge in [-0.3, -0.25) is 13.9 Å². The number of para-hydroxylation sites is 1. The summed E-state index contributed by atoms with van der Waals surface area (Å²) in [5.74, 6) is -0.878. The molecule has 1 N–H and O–H groups in total. The molecule has 0 aliphatic carbocycles. The van der Waals surface area contributed by atoms with Gasteiger partial charge in [0.05, 0.1) is 11.9 Å². The van der Waals surface area contributed by atoms with Crippen LogP contribution >= 0.6 is 0 Å². The Balaban J connectivity index is 2.20. The average Bonchev–Trinajstić information content (AvgIpc) is 2.82. The van der Waals surface area contributed by atoms with E-state index in [2.05, 4.69) is 5.32 Å². The highest BCUT2D eigenvalue weighted by molar-refractivity contribution is 7.92. The first-order chi connectivity index (χ1) is 16.6. The molecule has 0 spiro atoms. The van der Waals surface area contributed by atoms with Crippen molar-refractivity contribution < 1.29 is 22.4 Å². The Bertz CT molecular complexity index is 1060. The third kappa shape index (κ3) is 8.65. The Morgan fingerprint density at radius 3 is 2.17 bits per heavy atom. The fraction of sp³-hybridized carbons (Fsp3) is 0.462. The third-order valence-electron chi connectivity index (χ3n) is 5.85. The van der Waals surface area contributed by atoms with Crippen LogP contribution in [0.3, 0.4) is 0 Å². The molecule has 2 aromatic rings. The third-order valence-corrected chi connectivity index (χ3v) is 7.04. The molecule has 2 aromatic carbocycles. The van der Waals surface area contributed by atoms with Crippen LogP contribution in [0.4, 0.5) is 10.1 Å². The lowest BCUT2D eigenvalue weighted by Gasteiger charge is -2.32. The second-order valence-electron chi connectivity index (χ2n) is 8.66. The molecule has 0 unspecified atom stereocenters. The van der Waals surface area contributed by atoms with Crippen molar-refractivity contribution in [1.82, 2.24) is 10.2 Å². The smallest absolute Gasteiger partial charge is 0.243 e. The normalized spacial score (nSPS) is 13.1. The quantitative estimate of drug-likeness (QED) is 0.444. The van der Waals surface area contributed by atoms with E-state index >= 15 is 0 Å². The van der Waals surface area contributed by atoms with Gasteiger partial charge in [0.25, 0.3) is 0 Å². The van der Waals surface area contributed by atoms with Gasteiger partial charge in [-0.1, -0.05) is 44.2 Å². The van der Waals surface area contributed by atoms with Crippen molar-refractivity contribution >= 4 is 27.5 Å². The van der Waals surface area contributed by atoms with Gasteiger partial charge < -0.3 is 10.2 Å². The molecule has 0 heterocycles. The van der Waals surface area contributed by atoms with Crippen molar-refractivity contribution in [3.05, 3.63) is 66.0 Å². The van der Waals surface area contributed by atoms with Crippen LogP contribution < -0.4 is 9.62 Å². The van der Waals surface area contributed by atoms with Crippen molar-refractivity contribution in [1.29, 1.82) is 0 Å². The molecule has 7 nitrogen and oxygen atoms in total. The highest BCUT2D eigenvalue weighted by atomic mass is 32.2. The zero-order chi connectivity index (χ0) is 26.0. The fourth-order valence-corrected chi connectivity index (χ4v) is 4.71. The zero-order valence-corrected chi connectivity index (χ0v) is 21.7. The highest BCUT2D eigenvalue weighted by Crippen LogP contribution is 2.19. The van der Waals surface area contributed by atoms with Gasteiger partial charge in [-0.2, -0.15) is 0 Å². The van der Waals surface area contributed by atoms with Gasteiger partial charge in [-0.25, -0.2) is 12.8 Å². The predicted molar refractivity (Wildman–Crippen MR) is 137 cm³/mol. The first kappa shape index (κ1) is 28.3. The summed E-state index contributed by atoms with van der Waals surface area (Å²) in [6.07, 6.45) is 2.65. The second kappa shape index (κ2) is 13.2. The van der Waals surface area contributed by atoms with Crippen LogP contribution in [0.15, 0.2) is 54.6 Å². The molecule has 0 saturated carbocycles. The highest BCUT2D eigenvalue weighted by Gasteiger charge is 2.29. The molecule has 2 rings (SSSR count). The monoisotopic (exact) mass is 505 g/mol. The lowest BCUT2D eigenvalue weighted by atomic mass is 10.1. The van der Waals surface area contributed by atoms with Crippen molar-refractivity contribution in [2.24, 2.45) is 0 Å². The molecular formula is C26H36FN3O4S. The summed E-state index contributed by atoms with van der Waals surface area (Å²) in [4.78, 5) is 27.8. The lowest BCUT2D eigenvalue weighted by Crippen LogP contribution is -2.50. The summed E-state index contributed by atoms with van der Waals surface area (Å²) in [7, 11) is -3.53. The van der Waals surface area contributed by atoms with Crippen LogP contribution in [0.25, 0.3) is 0 Å². The number of anilines is 1. The number of hydrogen-bond donors (Lipinski definition) is 1. The number of halogens is 1. The van der Waals surface area contributed by atoms with Crippen LogP contribution in [0, 0.1) is 5.82 Å². The summed E-state index contributed by atoms with van der Waals surface area (Å²) in [5, 5.41) is 2.95. The average molecular weight is 506 g/mol. The summed E-state index contributed by atoms with van der Waals surface area (Å²) in [6.45, 7) is 6.00. The van der Waals surface area contributed by atoms with E-state index in [4.69, 9.17) is 0 Å². The molecule has 35 heavy (non-hydrogen) atoms. The van der Waals surface area contributed by atoms with Crippen LogP contribution in [-0.2, 0) is 26.2 Å². The number of hydrogen-bond acceptors (Lipinski definition) is 4. The van der Waals surface area contributed by atoms with E-state index in [9.17, 15) is 22.4 Å². The molecule has 0 fully saturated rings. The van der Waals surface area contributed by atoms with E-state index in [0.29, 0.717) is 17.7 Å². The predicted octanol–water partition coefficient (Wildman–Crippen LogP) is 4.09. The number of nitrogens with zero attached hydrogens (tertiary/aromatic N) is 2. The van der Waals surface area contributed by atoms with Crippen LogP contribution in [0.5, 0.6) is 0 Å². The maximum absolute atomic E-state index is 13.4. The zero-order valence-electron chi connectivity index (χ0n) is 20.9. The van der Waals surface area contributed by atoms with Crippen molar-refractivity contribution in [2.45, 2.75) is 65.1 Å². The van der Waals surface area contributed by atoms with Gasteiger partial charge in [-0.15, -0.1) is 0 Å². The van der Waals surface area contributed by atoms with Gasteiger partial charge in [0.2, 0.25) is 21.8 Å². The summed E-state index contributed by atoms with van der Waals surface area (Å²) >= 11 is 0. The molecule has 192 valence electrons. The summed E-state index contributed by atoms with van der Waals surface area (Å²) in [5.41, 5.74) is 1.24. The van der Waals surface area contributed by atoms with E-state index in [1.165, 1.54) is 21.3 Å². The Morgan fingerprint density at radius 2 is 1.63 bits per heavy atom. The van der Waals surface area contributed by atoms with Gasteiger partial charge >= 0.3 is 0 Å². The maximum Gasteiger partial charge on any atom is 0.243 e. The number of carbonyl (C=O) groups excluding carboxylic acids is 2. The van der Waals surface area contributed by atoms with Gasteiger partial charge in [0.15, 0.2) is 0 Å². The number of rotatable bonds is 13. The lowest BCUT2D eigenvalue weighted by molar-refractivity contribution is -0.141. The Morgan fingerprint density at radius 1 is 1.00 bits per heavy atom. The molecule has 0 saturated heterocycles. The minimum Gasteiger partial charge on any atom is -0.352 e. The molecular weight excluding hydrogens is 469 g/mol. The van der Waals surface area contributed by atoms with E-state index in [1.807, 2.05) is 20.8 Å². The van der Waals surface area contributed by atoms with E-state index in [-0.39, 0.29) is 49.6 Å². The van der Waals surface area contributed by atoms with Crippen molar-refractivity contribution in [2.75, 3.05) is 17.1 Å². The first-order valence-electron chi connectivity index (χ1n) is 11.9. The van der Waals surface area contributed by atoms with Crippen molar-refractivity contribution in [3.63, 3.8) is 0 Å². The van der Waals surface area contributed by atoms with E-state index in [0.717, 1.165) is 12.7 Å². The number of nitrogens with one attached hydrogen (secondary N) is 1. The molecule has 2 atom stereocenters. The molecule has 0 aliphatic rings. The number of amides is 2. The minimum atomic E-state index is -3.53. The van der Waals surface area contributed by atoms with Crippen molar-refractivity contribution in [3.8, 4) is 0 Å². The summed E-state index contributed by atoms with van der Waals surface area (Å²) in [6, 6.07) is 13.8. The fourth-order valence-electron chi connectivity index (χ4n) is 3.75. The van der Waals surface area contributed by atoms with Gasteiger partial charge in [0.1, 0.15) is 11.9 Å². The second-order valence-corrected chi connectivity index (χ2v) is 10.6. The largest absolute Gasteiger partial charge is 0.352 e. The Kier molecular flexibility index (Phi) is 10.7. The standard InChI is InChI=1S/C26H36FN3O4S/c1-5-20(3)28-26(32)24(6-2)29(19-21-14-16-22(27)17-15-21)25(31)13-10-18-30(35(4,33)34)23-11-8-7-9-12-23/h7-9,11-12,14-17,20,24H,5-6,10,13,18-19H2,1-4H3,(H,28,32)/t20-,24+/m1/s1. The van der Waals surface area contributed by atoms with Gasteiger partial charge in [0, 0.05) is 25.6 Å². The SMILES string of the molecule is CC[C@@H](C)NC(=O)[C@H](CC)N(Cc1ccc(F)cc1)C(=O)CCCN(c1ccccc1)S(C)(=O)=O. The molecule has 0 bridgehead atoms. The minimum absolute atomic E-state index is 0.0338. The van der Waals surface area contributed by atoms with E-state index < -0.39 is 16.1 Å². The molecule has 2 amide bonds. The molecule has 0 aromatic heterocycles. The molecule has 0 radical (unpaired) electrons.